The highest BCUT2D eigenvalue weighted by molar-refractivity contribution is 5.10. The molecule has 0 amide bonds. The third kappa shape index (κ3) is 3.85. The van der Waals surface area contributed by atoms with E-state index in [1.807, 2.05) is 0 Å². The van der Waals surface area contributed by atoms with Gasteiger partial charge in [0.15, 0.2) is 0 Å². The fraction of sp³-hybridized carbons (Fsp3) is 0.765. The van der Waals surface area contributed by atoms with Crippen LogP contribution in [0.1, 0.15) is 58.9 Å². The minimum atomic E-state index is 0.424. The van der Waals surface area contributed by atoms with Gasteiger partial charge >= 0.3 is 0 Å². The molecule has 0 bridgehead atoms. The zero-order valence-electron chi connectivity index (χ0n) is 13.1. The molecule has 2 rings (SSSR count). The molecule has 2 atom stereocenters. The first-order chi connectivity index (χ1) is 9.00. The largest absolute Gasteiger partial charge is 0.354 e. The average Bonchev–Trinajstić information content (AvgIpc) is 2.83. The van der Waals surface area contributed by atoms with Crippen LogP contribution in [0, 0.1) is 11.3 Å². The summed E-state index contributed by atoms with van der Waals surface area (Å²) in [6.45, 7) is 11.5. The summed E-state index contributed by atoms with van der Waals surface area (Å²) in [5.74, 6) is 0.814. The van der Waals surface area contributed by atoms with Gasteiger partial charge in [0, 0.05) is 31.5 Å². The second-order valence-corrected chi connectivity index (χ2v) is 7.09. The molecule has 108 valence electrons. The van der Waals surface area contributed by atoms with Crippen LogP contribution in [0.25, 0.3) is 0 Å². The number of nitrogens with zero attached hydrogens (tertiary/aromatic N) is 1. The maximum Gasteiger partial charge on any atom is 0.0223 e. The molecule has 1 aromatic rings. The molecule has 1 N–H and O–H groups in total. The first-order valence-electron chi connectivity index (χ1n) is 7.88. The number of nitrogens with one attached hydrogen (secondary N) is 1. The van der Waals surface area contributed by atoms with Crippen LogP contribution in [0.5, 0.6) is 0 Å². The predicted octanol–water partition coefficient (Wildman–Crippen LogP) is 4.20. The lowest BCUT2D eigenvalue weighted by atomic mass is 9.69. The number of aromatic nitrogens is 1. The van der Waals surface area contributed by atoms with Crippen LogP contribution in [0.3, 0.4) is 0 Å². The molecule has 2 nitrogen and oxygen atoms in total. The van der Waals surface area contributed by atoms with Gasteiger partial charge in [-0.3, -0.25) is 0 Å². The molecule has 1 aliphatic carbocycles. The van der Waals surface area contributed by atoms with E-state index in [0.29, 0.717) is 11.5 Å². The Labute approximate surface area is 118 Å². The van der Waals surface area contributed by atoms with Crippen LogP contribution in [-0.2, 0) is 13.1 Å². The van der Waals surface area contributed by atoms with Crippen LogP contribution < -0.4 is 5.32 Å². The maximum absolute atomic E-state index is 3.82. The Morgan fingerprint density at radius 2 is 2.00 bits per heavy atom. The molecule has 1 aromatic heterocycles. The molecule has 2 unspecified atom stereocenters. The van der Waals surface area contributed by atoms with E-state index in [0.717, 1.165) is 19.0 Å². The number of aryl methyl sites for hydroxylation is 1. The second kappa shape index (κ2) is 6.13. The number of hydrogen-bond acceptors (Lipinski definition) is 1. The van der Waals surface area contributed by atoms with Gasteiger partial charge in [-0.05, 0) is 42.7 Å². The van der Waals surface area contributed by atoms with Gasteiger partial charge in [-0.1, -0.05) is 33.6 Å². The van der Waals surface area contributed by atoms with Gasteiger partial charge in [0.1, 0.15) is 0 Å². The lowest BCUT2D eigenvalue weighted by Crippen LogP contribution is -2.43. The van der Waals surface area contributed by atoms with E-state index in [1.54, 1.807) is 0 Å². The molecule has 0 aromatic carbocycles. The zero-order chi connectivity index (χ0) is 13.9. The van der Waals surface area contributed by atoms with Gasteiger partial charge in [0.2, 0.25) is 0 Å². The Morgan fingerprint density at radius 1 is 1.26 bits per heavy atom. The lowest BCUT2D eigenvalue weighted by Gasteiger charge is -2.41. The Morgan fingerprint density at radius 3 is 2.63 bits per heavy atom. The van der Waals surface area contributed by atoms with Crippen molar-refractivity contribution in [1.82, 2.24) is 9.88 Å². The summed E-state index contributed by atoms with van der Waals surface area (Å²) < 4.78 is 2.25. The van der Waals surface area contributed by atoms with E-state index in [4.69, 9.17) is 0 Å². The van der Waals surface area contributed by atoms with Crippen LogP contribution in [0.4, 0.5) is 0 Å². The van der Waals surface area contributed by atoms with Gasteiger partial charge in [-0.15, -0.1) is 0 Å². The van der Waals surface area contributed by atoms with Crippen molar-refractivity contribution >= 4 is 0 Å². The lowest BCUT2D eigenvalue weighted by molar-refractivity contribution is 0.130. The Balaban J connectivity index is 1.92. The van der Waals surface area contributed by atoms with E-state index in [9.17, 15) is 0 Å². The van der Waals surface area contributed by atoms with Gasteiger partial charge < -0.3 is 9.88 Å². The molecule has 1 saturated carbocycles. The summed E-state index contributed by atoms with van der Waals surface area (Å²) in [6, 6.07) is 2.93. The maximum atomic E-state index is 3.82. The molecule has 19 heavy (non-hydrogen) atoms. The average molecular weight is 262 g/mol. The third-order valence-electron chi connectivity index (χ3n) is 4.62. The van der Waals surface area contributed by atoms with Crippen LogP contribution in [-0.4, -0.2) is 10.6 Å². The highest BCUT2D eigenvalue weighted by Crippen LogP contribution is 2.38. The van der Waals surface area contributed by atoms with Crippen LogP contribution in [0.2, 0.25) is 0 Å². The highest BCUT2D eigenvalue weighted by atomic mass is 15.0. The van der Waals surface area contributed by atoms with Crippen molar-refractivity contribution in [2.45, 2.75) is 72.5 Å². The summed E-state index contributed by atoms with van der Waals surface area (Å²) in [7, 11) is 0. The summed E-state index contributed by atoms with van der Waals surface area (Å²) in [4.78, 5) is 0. The fourth-order valence-electron chi connectivity index (χ4n) is 3.45. The van der Waals surface area contributed by atoms with Crippen molar-refractivity contribution in [2.75, 3.05) is 0 Å². The van der Waals surface area contributed by atoms with Crippen molar-refractivity contribution in [1.29, 1.82) is 0 Å². The molecular formula is C17H30N2. The standard InChI is InChI=1S/C17H30N2/c1-5-19-11-10-14(13-19)12-18-16-9-7-6-8-15(16)17(2,3)4/h10-11,13,15-16,18H,5-9,12H2,1-4H3. The van der Waals surface area contributed by atoms with Gasteiger partial charge in [-0.25, -0.2) is 0 Å². The monoisotopic (exact) mass is 262 g/mol. The molecule has 0 aliphatic heterocycles. The normalized spacial score (nSPS) is 24.6. The molecule has 1 aliphatic rings. The first-order valence-corrected chi connectivity index (χ1v) is 7.88. The minimum Gasteiger partial charge on any atom is -0.354 e. The molecule has 1 heterocycles. The summed E-state index contributed by atoms with van der Waals surface area (Å²) in [5, 5.41) is 3.82. The van der Waals surface area contributed by atoms with Crippen molar-refractivity contribution in [2.24, 2.45) is 11.3 Å². The Hall–Kier alpha value is -0.760. The quantitative estimate of drug-likeness (QED) is 0.860. The Bertz CT molecular complexity index is 386. The minimum absolute atomic E-state index is 0.424. The fourth-order valence-corrected chi connectivity index (χ4v) is 3.45. The molecule has 0 radical (unpaired) electrons. The zero-order valence-corrected chi connectivity index (χ0v) is 13.1. The van der Waals surface area contributed by atoms with E-state index < -0.39 is 0 Å². The SMILES string of the molecule is CCn1ccc(CNC2CCCCC2C(C)(C)C)c1. The smallest absolute Gasteiger partial charge is 0.0223 e. The number of rotatable bonds is 4. The van der Waals surface area contributed by atoms with Crippen molar-refractivity contribution in [3.63, 3.8) is 0 Å². The van der Waals surface area contributed by atoms with E-state index in [-0.39, 0.29) is 0 Å². The first kappa shape index (κ1) is 14.6. The topological polar surface area (TPSA) is 17.0 Å². The van der Waals surface area contributed by atoms with Gasteiger partial charge in [0.05, 0.1) is 0 Å². The summed E-state index contributed by atoms with van der Waals surface area (Å²) in [6.07, 6.45) is 9.97. The third-order valence-corrected chi connectivity index (χ3v) is 4.62. The van der Waals surface area contributed by atoms with Crippen molar-refractivity contribution in [3.05, 3.63) is 24.0 Å². The molecule has 1 fully saturated rings. The summed E-state index contributed by atoms with van der Waals surface area (Å²) in [5.41, 5.74) is 1.84. The molecule has 0 saturated heterocycles. The van der Waals surface area contributed by atoms with Gasteiger partial charge in [0.25, 0.3) is 0 Å². The summed E-state index contributed by atoms with van der Waals surface area (Å²) >= 11 is 0. The van der Waals surface area contributed by atoms with E-state index in [1.165, 1.54) is 31.2 Å². The van der Waals surface area contributed by atoms with E-state index in [2.05, 4.69) is 56.0 Å². The molecular weight excluding hydrogens is 232 g/mol. The van der Waals surface area contributed by atoms with E-state index >= 15 is 0 Å². The molecule has 0 spiro atoms. The van der Waals surface area contributed by atoms with Crippen molar-refractivity contribution < 1.29 is 0 Å². The van der Waals surface area contributed by atoms with Crippen LogP contribution in [0.15, 0.2) is 18.5 Å². The second-order valence-electron chi connectivity index (χ2n) is 7.09. The van der Waals surface area contributed by atoms with Crippen LogP contribution >= 0.6 is 0 Å². The number of hydrogen-bond donors (Lipinski definition) is 1. The van der Waals surface area contributed by atoms with Crippen molar-refractivity contribution in [3.8, 4) is 0 Å². The molecule has 2 heteroatoms. The highest BCUT2D eigenvalue weighted by Gasteiger charge is 2.33. The van der Waals surface area contributed by atoms with Gasteiger partial charge in [-0.2, -0.15) is 0 Å². The predicted molar refractivity (Wildman–Crippen MR) is 82.1 cm³/mol. The Kier molecular flexibility index (Phi) is 4.72.